The van der Waals surface area contributed by atoms with Gasteiger partial charge in [0.25, 0.3) is 0 Å². The summed E-state index contributed by atoms with van der Waals surface area (Å²) < 4.78 is 11.9. The number of benzene rings is 1. The molecule has 11 heteroatoms. The molecule has 2 amide bonds. The Morgan fingerprint density at radius 1 is 1.17 bits per heavy atom. The van der Waals surface area contributed by atoms with Crippen LogP contribution in [0.5, 0.6) is 11.5 Å². The number of methoxy groups -OCH3 is 1. The highest BCUT2D eigenvalue weighted by Crippen LogP contribution is 2.45. The minimum atomic E-state index is -1.33. The Morgan fingerprint density at radius 3 is 2.81 bits per heavy atom. The van der Waals surface area contributed by atoms with E-state index in [1.54, 1.807) is 17.5 Å². The number of hydrogen-bond acceptors (Lipinski definition) is 8. The van der Waals surface area contributed by atoms with Crippen molar-refractivity contribution in [3.63, 3.8) is 0 Å². The summed E-state index contributed by atoms with van der Waals surface area (Å²) in [5, 5.41) is 15.5. The van der Waals surface area contributed by atoms with Gasteiger partial charge in [0, 0.05) is 41.7 Å². The number of pyridine rings is 1. The molecule has 1 saturated carbocycles. The first kappa shape index (κ1) is 28.1. The number of rotatable bonds is 5. The highest BCUT2D eigenvalue weighted by Gasteiger charge is 2.61. The van der Waals surface area contributed by atoms with Crippen LogP contribution in [0.25, 0.3) is 22.3 Å². The molecule has 220 valence electrons. The predicted octanol–water partition coefficient (Wildman–Crippen LogP) is 4.59. The van der Waals surface area contributed by atoms with Gasteiger partial charge in [0.1, 0.15) is 29.2 Å². The third kappa shape index (κ3) is 5.57. The minimum absolute atomic E-state index is 0.113. The number of ether oxygens (including phenoxy) is 2. The second-order valence-electron chi connectivity index (χ2n) is 11.3. The van der Waals surface area contributed by atoms with Crippen molar-refractivity contribution in [1.29, 1.82) is 0 Å². The maximum atomic E-state index is 13.6. The minimum Gasteiger partial charge on any atom is -0.497 e. The molecule has 4 unspecified atom stereocenters. The van der Waals surface area contributed by atoms with Crippen LogP contribution in [0.2, 0.25) is 0 Å². The monoisotopic (exact) mass is 590 g/mol. The Bertz CT molecular complexity index is 1530. The highest BCUT2D eigenvalue weighted by molar-refractivity contribution is 7.07. The maximum Gasteiger partial charge on any atom is 0.330 e. The smallest absolute Gasteiger partial charge is 0.330 e. The van der Waals surface area contributed by atoms with Gasteiger partial charge in [0.05, 0.1) is 36.1 Å². The molecule has 6 rings (SSSR count). The Morgan fingerprint density at radius 2 is 2.02 bits per heavy atom. The highest BCUT2D eigenvalue weighted by atomic mass is 32.1. The molecule has 2 N–H and O–H groups in total. The molecule has 42 heavy (non-hydrogen) atoms. The van der Waals surface area contributed by atoms with Crippen molar-refractivity contribution < 1.29 is 29.0 Å². The zero-order valence-corrected chi connectivity index (χ0v) is 24.3. The Labute approximate surface area is 247 Å². The second-order valence-corrected chi connectivity index (χ2v) is 12.0. The van der Waals surface area contributed by atoms with Gasteiger partial charge in [-0.15, -0.1) is 11.3 Å². The van der Waals surface area contributed by atoms with Crippen LogP contribution in [0.15, 0.2) is 47.3 Å². The van der Waals surface area contributed by atoms with E-state index >= 15 is 0 Å². The van der Waals surface area contributed by atoms with E-state index in [4.69, 9.17) is 14.5 Å². The Balaban J connectivity index is 1.29. The second kappa shape index (κ2) is 11.7. The molecule has 4 atom stereocenters. The third-order valence-electron chi connectivity index (χ3n) is 8.48. The lowest BCUT2D eigenvalue weighted by Gasteiger charge is -2.25. The van der Waals surface area contributed by atoms with Gasteiger partial charge in [-0.05, 0) is 37.8 Å². The molecule has 0 bridgehead atoms. The molecule has 4 heterocycles. The van der Waals surface area contributed by atoms with Crippen LogP contribution in [-0.2, 0) is 14.4 Å². The number of amides is 2. The summed E-state index contributed by atoms with van der Waals surface area (Å²) in [5.74, 6) is -0.641. The first-order valence-electron chi connectivity index (χ1n) is 14.4. The number of nitrogens with one attached hydrogen (secondary N) is 1. The molecule has 1 aliphatic carbocycles. The molecule has 0 spiro atoms. The fourth-order valence-corrected chi connectivity index (χ4v) is 6.57. The number of hydrogen-bond donors (Lipinski definition) is 2. The Kier molecular flexibility index (Phi) is 7.85. The molecule has 1 aromatic carbocycles. The van der Waals surface area contributed by atoms with Gasteiger partial charge in [-0.3, -0.25) is 9.59 Å². The lowest BCUT2D eigenvalue weighted by Crippen LogP contribution is -2.53. The number of thiazole rings is 1. The van der Waals surface area contributed by atoms with Crippen LogP contribution >= 0.6 is 11.3 Å². The van der Waals surface area contributed by atoms with E-state index in [0.717, 1.165) is 43.2 Å². The van der Waals surface area contributed by atoms with Crippen LogP contribution in [0.4, 0.5) is 0 Å². The van der Waals surface area contributed by atoms with Crippen LogP contribution in [0.3, 0.4) is 0 Å². The molecule has 1 saturated heterocycles. The van der Waals surface area contributed by atoms with Crippen molar-refractivity contribution in [2.75, 3.05) is 13.7 Å². The van der Waals surface area contributed by atoms with Gasteiger partial charge < -0.3 is 24.8 Å². The zero-order valence-electron chi connectivity index (χ0n) is 23.5. The number of carboxylic acids is 1. The fourth-order valence-electron chi connectivity index (χ4n) is 6.02. The summed E-state index contributed by atoms with van der Waals surface area (Å²) in [7, 11) is 1.60. The summed E-state index contributed by atoms with van der Waals surface area (Å²) in [6, 6.07) is 6.56. The van der Waals surface area contributed by atoms with Gasteiger partial charge >= 0.3 is 5.97 Å². The molecule has 10 nitrogen and oxygen atoms in total. The largest absolute Gasteiger partial charge is 0.497 e. The van der Waals surface area contributed by atoms with E-state index in [9.17, 15) is 19.5 Å². The SMILES string of the molecule is COc1ccc2c(OC3CC4C(=O)NC5(C(=O)O)CC5/C=C\CCCCCCC(=O)N4C3)cc(-c3cscn3)nc2c1. The normalized spacial score (nSPS) is 27.3. The number of carbonyl (C=O) groups is 3. The number of carboxylic acid groups (broad SMARTS) is 1. The molecular weight excluding hydrogens is 556 g/mol. The molecule has 3 aromatic rings. The van der Waals surface area contributed by atoms with E-state index in [1.807, 2.05) is 41.8 Å². The zero-order chi connectivity index (χ0) is 29.3. The first-order valence-corrected chi connectivity index (χ1v) is 15.4. The number of aliphatic carboxylic acids is 1. The average Bonchev–Trinajstić information content (AvgIpc) is 3.31. The predicted molar refractivity (Wildman–Crippen MR) is 157 cm³/mol. The summed E-state index contributed by atoms with van der Waals surface area (Å²) in [6.45, 7) is 0.229. The number of carbonyl (C=O) groups excluding carboxylic acids is 2. The van der Waals surface area contributed by atoms with Crippen LogP contribution in [0, 0.1) is 5.92 Å². The molecule has 3 aliphatic rings. The van der Waals surface area contributed by atoms with E-state index in [-0.39, 0.29) is 24.8 Å². The van der Waals surface area contributed by atoms with Crippen molar-refractivity contribution >= 4 is 40.0 Å². The van der Waals surface area contributed by atoms with Crippen molar-refractivity contribution in [2.24, 2.45) is 5.92 Å². The number of nitrogens with zero attached hydrogens (tertiary/aromatic N) is 3. The van der Waals surface area contributed by atoms with Gasteiger partial charge in [-0.25, -0.2) is 14.8 Å². The molecule has 0 radical (unpaired) electrons. The van der Waals surface area contributed by atoms with Crippen molar-refractivity contribution in [3.05, 3.63) is 47.3 Å². The van der Waals surface area contributed by atoms with Gasteiger partial charge in [-0.1, -0.05) is 25.0 Å². The fraction of sp³-hybridized carbons (Fsp3) is 0.452. The van der Waals surface area contributed by atoms with Crippen LogP contribution < -0.4 is 14.8 Å². The van der Waals surface area contributed by atoms with Crippen molar-refractivity contribution in [2.45, 2.75) is 69.1 Å². The number of fused-ring (bicyclic) bond motifs is 3. The van der Waals surface area contributed by atoms with Crippen molar-refractivity contribution in [1.82, 2.24) is 20.2 Å². The van der Waals surface area contributed by atoms with E-state index in [2.05, 4.69) is 10.3 Å². The molecule has 2 aromatic heterocycles. The van der Waals surface area contributed by atoms with Gasteiger partial charge in [0.2, 0.25) is 11.8 Å². The summed E-state index contributed by atoms with van der Waals surface area (Å²) in [4.78, 5) is 50.0. The quantitative estimate of drug-likeness (QED) is 0.413. The van der Waals surface area contributed by atoms with E-state index in [0.29, 0.717) is 35.6 Å². The Hall–Kier alpha value is -3.99. The number of allylic oxidation sites excluding steroid dienone is 1. The molecule has 2 fully saturated rings. The van der Waals surface area contributed by atoms with E-state index < -0.39 is 29.6 Å². The van der Waals surface area contributed by atoms with E-state index in [1.165, 1.54) is 11.3 Å². The maximum absolute atomic E-state index is 13.6. The first-order chi connectivity index (χ1) is 20.4. The average molecular weight is 591 g/mol. The van der Waals surface area contributed by atoms with Crippen LogP contribution in [-0.4, -0.2) is 69.1 Å². The standard InChI is InChI=1S/C31H34N4O6S/c1-40-20-10-11-22-23(12-20)33-24(25-17-42-18-32-25)14-27(22)41-21-13-26-29(37)34-31(30(38)39)15-19(31)8-6-4-2-3-5-7-9-28(36)35(26)16-21/h6,8,10-12,14,17-19,21,26H,2-5,7,9,13,15-16H2,1H3,(H,34,37)(H,38,39)/b8-6-. The third-order valence-corrected chi connectivity index (χ3v) is 9.06. The summed E-state index contributed by atoms with van der Waals surface area (Å²) >= 11 is 1.47. The van der Waals surface area contributed by atoms with Crippen molar-refractivity contribution in [3.8, 4) is 22.9 Å². The summed E-state index contributed by atoms with van der Waals surface area (Å²) in [5.41, 5.74) is 2.45. The molecular formula is C31H34N4O6S. The van der Waals surface area contributed by atoms with Crippen LogP contribution in [0.1, 0.15) is 51.4 Å². The number of aromatic nitrogens is 2. The van der Waals surface area contributed by atoms with Gasteiger partial charge in [-0.2, -0.15) is 0 Å². The summed E-state index contributed by atoms with van der Waals surface area (Å²) in [6.07, 6.45) is 8.92. The lowest BCUT2D eigenvalue weighted by atomic mass is 10.1. The van der Waals surface area contributed by atoms with Gasteiger partial charge in [0.15, 0.2) is 0 Å². The topological polar surface area (TPSA) is 131 Å². The molecule has 2 aliphatic heterocycles. The lowest BCUT2D eigenvalue weighted by molar-refractivity contribution is -0.145.